The van der Waals surface area contributed by atoms with Crippen LogP contribution in [0.2, 0.25) is 0 Å². The van der Waals surface area contributed by atoms with Crippen molar-refractivity contribution >= 4 is 5.97 Å². The second-order valence-corrected chi connectivity index (χ2v) is 3.55. The van der Waals surface area contributed by atoms with Gasteiger partial charge in [0, 0.05) is 0 Å². The molecule has 0 aromatic carbocycles. The first-order valence-corrected chi connectivity index (χ1v) is 5.16. The Bertz CT molecular complexity index is 440. The number of carboxylic acids is 1. The van der Waals surface area contributed by atoms with Gasteiger partial charge in [0.1, 0.15) is 26.4 Å². The van der Waals surface area contributed by atoms with Gasteiger partial charge in [0.05, 0.1) is 0 Å². The molecule has 0 aliphatic heterocycles. The molecule has 0 radical (unpaired) electrons. The summed E-state index contributed by atoms with van der Waals surface area (Å²) >= 11 is 0. The van der Waals surface area contributed by atoms with Gasteiger partial charge in [0.15, 0.2) is 5.82 Å². The molecule has 0 unspecified atom stereocenters. The van der Waals surface area contributed by atoms with Gasteiger partial charge >= 0.3 is 18.3 Å². The van der Waals surface area contributed by atoms with Crippen LogP contribution in [0.15, 0.2) is 4.52 Å². The Kier molecular flexibility index (Phi) is 5.82. The summed E-state index contributed by atoms with van der Waals surface area (Å²) in [6.45, 7) is -2.89. The first-order chi connectivity index (χ1) is 9.31. The molecule has 114 valence electrons. The van der Waals surface area contributed by atoms with E-state index >= 15 is 0 Å². The largest absolute Gasteiger partial charge is 0.480 e. The zero-order valence-corrected chi connectivity index (χ0v) is 9.89. The summed E-state index contributed by atoms with van der Waals surface area (Å²) in [5, 5.41) is 11.6. The molecule has 0 atom stereocenters. The van der Waals surface area contributed by atoms with Crippen molar-refractivity contribution in [3.05, 3.63) is 11.7 Å². The monoisotopic (exact) mass is 302 g/mol. The third-order valence-electron chi connectivity index (χ3n) is 1.81. The highest BCUT2D eigenvalue weighted by Gasteiger charge is 2.41. The summed E-state index contributed by atoms with van der Waals surface area (Å²) in [6, 6.07) is 0. The SMILES string of the molecule is O=C(O)COCc1nc(COCC(F)(F)C(F)F)no1. The van der Waals surface area contributed by atoms with Crippen LogP contribution in [0.1, 0.15) is 11.7 Å². The van der Waals surface area contributed by atoms with Gasteiger partial charge in [-0.2, -0.15) is 13.8 Å². The molecular weight excluding hydrogens is 292 g/mol. The standard InChI is InChI=1S/C9H10F4N2O5/c10-8(11)9(12,13)4-19-1-5-14-6(20-15-5)2-18-3-7(16)17/h8H,1-4H2,(H,16,17). The Labute approximate surface area is 109 Å². The maximum absolute atomic E-state index is 12.5. The lowest BCUT2D eigenvalue weighted by Gasteiger charge is -2.14. The summed E-state index contributed by atoms with van der Waals surface area (Å²) in [6.07, 6.45) is -3.83. The predicted molar refractivity (Wildman–Crippen MR) is 52.2 cm³/mol. The van der Waals surface area contributed by atoms with Crippen LogP contribution in [0.4, 0.5) is 17.6 Å². The number of alkyl halides is 4. The number of hydrogen-bond acceptors (Lipinski definition) is 6. The van der Waals surface area contributed by atoms with Crippen molar-refractivity contribution in [2.24, 2.45) is 0 Å². The number of carbonyl (C=O) groups is 1. The van der Waals surface area contributed by atoms with E-state index < -0.39 is 38.1 Å². The van der Waals surface area contributed by atoms with Crippen LogP contribution in [0.5, 0.6) is 0 Å². The fraction of sp³-hybridized carbons (Fsp3) is 0.667. The van der Waals surface area contributed by atoms with Crippen molar-refractivity contribution in [1.29, 1.82) is 0 Å². The highest BCUT2D eigenvalue weighted by atomic mass is 19.3. The molecule has 0 bridgehead atoms. The molecule has 1 aromatic rings. The lowest BCUT2D eigenvalue weighted by molar-refractivity contribution is -0.168. The quantitative estimate of drug-likeness (QED) is 0.682. The average molecular weight is 302 g/mol. The normalized spacial score (nSPS) is 12.1. The molecule has 1 heterocycles. The molecule has 0 aliphatic carbocycles. The minimum atomic E-state index is -4.25. The van der Waals surface area contributed by atoms with Gasteiger partial charge in [-0.15, -0.1) is 0 Å². The summed E-state index contributed by atoms with van der Waals surface area (Å²) in [5.74, 6) is -5.69. The number of carboxylic acid groups (broad SMARTS) is 1. The average Bonchev–Trinajstić information content (AvgIpc) is 2.76. The Morgan fingerprint density at radius 3 is 2.65 bits per heavy atom. The highest BCUT2D eigenvalue weighted by Crippen LogP contribution is 2.23. The molecule has 0 saturated heterocycles. The van der Waals surface area contributed by atoms with Gasteiger partial charge < -0.3 is 19.1 Å². The van der Waals surface area contributed by atoms with Crippen LogP contribution in [-0.2, 0) is 27.5 Å². The maximum atomic E-state index is 12.5. The van der Waals surface area contributed by atoms with E-state index in [9.17, 15) is 22.4 Å². The fourth-order valence-electron chi connectivity index (χ4n) is 0.974. The van der Waals surface area contributed by atoms with E-state index in [-0.39, 0.29) is 18.3 Å². The van der Waals surface area contributed by atoms with Crippen molar-refractivity contribution in [3.63, 3.8) is 0 Å². The van der Waals surface area contributed by atoms with Crippen molar-refractivity contribution in [2.75, 3.05) is 13.2 Å². The second kappa shape index (κ2) is 7.14. The van der Waals surface area contributed by atoms with Crippen LogP contribution in [-0.4, -0.2) is 46.8 Å². The number of halogens is 4. The minimum absolute atomic E-state index is 0.0922. The second-order valence-electron chi connectivity index (χ2n) is 3.55. The molecule has 1 N–H and O–H groups in total. The van der Waals surface area contributed by atoms with Crippen molar-refractivity contribution in [1.82, 2.24) is 10.1 Å². The molecule has 1 aromatic heterocycles. The van der Waals surface area contributed by atoms with Crippen LogP contribution in [0.25, 0.3) is 0 Å². The van der Waals surface area contributed by atoms with E-state index in [4.69, 9.17) is 5.11 Å². The van der Waals surface area contributed by atoms with Crippen LogP contribution in [0.3, 0.4) is 0 Å². The third kappa shape index (κ3) is 5.48. The van der Waals surface area contributed by atoms with E-state index in [0.29, 0.717) is 0 Å². The molecule has 20 heavy (non-hydrogen) atoms. The van der Waals surface area contributed by atoms with E-state index in [0.717, 1.165) is 0 Å². The highest BCUT2D eigenvalue weighted by molar-refractivity contribution is 5.67. The molecule has 11 heteroatoms. The number of rotatable bonds is 9. The molecule has 0 amide bonds. The zero-order chi connectivity index (χ0) is 15.2. The van der Waals surface area contributed by atoms with Crippen molar-refractivity contribution < 1.29 is 41.5 Å². The topological polar surface area (TPSA) is 94.7 Å². The minimum Gasteiger partial charge on any atom is -0.480 e. The predicted octanol–water partition coefficient (Wildman–Crippen LogP) is 1.09. The molecule has 0 aliphatic rings. The van der Waals surface area contributed by atoms with Gasteiger partial charge in [0.2, 0.25) is 0 Å². The van der Waals surface area contributed by atoms with E-state index in [1.54, 1.807) is 0 Å². The summed E-state index contributed by atoms with van der Waals surface area (Å²) in [5.41, 5.74) is 0. The molecule has 0 saturated carbocycles. The number of ether oxygens (including phenoxy) is 2. The smallest absolute Gasteiger partial charge is 0.330 e. The molecular formula is C9H10F4N2O5. The number of hydrogen-bond donors (Lipinski definition) is 1. The first-order valence-electron chi connectivity index (χ1n) is 5.16. The fourth-order valence-corrected chi connectivity index (χ4v) is 0.974. The Balaban J connectivity index is 2.32. The van der Waals surface area contributed by atoms with E-state index in [2.05, 4.69) is 24.1 Å². The molecule has 7 nitrogen and oxygen atoms in total. The Morgan fingerprint density at radius 2 is 2.05 bits per heavy atom. The molecule has 0 fully saturated rings. The number of aromatic nitrogens is 2. The van der Waals surface area contributed by atoms with Crippen LogP contribution >= 0.6 is 0 Å². The van der Waals surface area contributed by atoms with Crippen molar-refractivity contribution in [2.45, 2.75) is 25.6 Å². The van der Waals surface area contributed by atoms with Gasteiger partial charge in [-0.25, -0.2) is 13.6 Å². The van der Waals surface area contributed by atoms with E-state index in [1.807, 2.05) is 0 Å². The van der Waals surface area contributed by atoms with Gasteiger partial charge in [0.25, 0.3) is 5.89 Å². The third-order valence-corrected chi connectivity index (χ3v) is 1.81. The summed E-state index contributed by atoms with van der Waals surface area (Å²) < 4.78 is 62.1. The lowest BCUT2D eigenvalue weighted by Crippen LogP contribution is -2.32. The van der Waals surface area contributed by atoms with Crippen LogP contribution in [0, 0.1) is 0 Å². The summed E-state index contributed by atoms with van der Waals surface area (Å²) in [7, 11) is 0. The molecule has 1 rings (SSSR count). The van der Waals surface area contributed by atoms with Gasteiger partial charge in [-0.1, -0.05) is 5.16 Å². The molecule has 0 spiro atoms. The van der Waals surface area contributed by atoms with Gasteiger partial charge in [-0.3, -0.25) is 0 Å². The zero-order valence-electron chi connectivity index (χ0n) is 9.89. The lowest BCUT2D eigenvalue weighted by atomic mass is 10.4. The van der Waals surface area contributed by atoms with E-state index in [1.165, 1.54) is 0 Å². The number of nitrogens with zero attached hydrogens (tertiary/aromatic N) is 2. The first kappa shape index (κ1) is 16.3. The summed E-state index contributed by atoms with van der Waals surface area (Å²) in [4.78, 5) is 13.8. The van der Waals surface area contributed by atoms with Crippen molar-refractivity contribution in [3.8, 4) is 0 Å². The maximum Gasteiger partial charge on any atom is 0.330 e. The Morgan fingerprint density at radius 1 is 1.35 bits per heavy atom. The van der Waals surface area contributed by atoms with Crippen LogP contribution < -0.4 is 0 Å². The Hall–Kier alpha value is -1.75. The van der Waals surface area contributed by atoms with Gasteiger partial charge in [-0.05, 0) is 0 Å². The number of aliphatic carboxylic acids is 1.